The van der Waals surface area contributed by atoms with E-state index in [0.29, 0.717) is 0 Å². The average molecular weight is 299 g/mol. The van der Waals surface area contributed by atoms with Crippen LogP contribution in [0.1, 0.15) is 18.4 Å². The van der Waals surface area contributed by atoms with Crippen molar-refractivity contribution in [2.24, 2.45) is 0 Å². The molecule has 0 spiro atoms. The zero-order chi connectivity index (χ0) is 15.6. The summed E-state index contributed by atoms with van der Waals surface area (Å²) < 4.78 is 5.57. The van der Waals surface area contributed by atoms with E-state index in [2.05, 4.69) is 5.32 Å². The Kier molecular flexibility index (Phi) is 3.92. The van der Waals surface area contributed by atoms with Gasteiger partial charge < -0.3 is 15.2 Å². The number of allylic oxidation sites excluding steroid dienone is 1. The molecule has 0 saturated carbocycles. The second kappa shape index (κ2) is 5.87. The van der Waals surface area contributed by atoms with Crippen LogP contribution >= 0.6 is 0 Å². The van der Waals surface area contributed by atoms with Gasteiger partial charge in [-0.15, -0.1) is 0 Å². The molecule has 0 unspecified atom stereocenters. The van der Waals surface area contributed by atoms with E-state index < -0.39 is 17.9 Å². The summed E-state index contributed by atoms with van der Waals surface area (Å²) in [6.07, 6.45) is 5.16. The lowest BCUT2D eigenvalue weighted by molar-refractivity contribution is -0.124. The minimum Gasteiger partial charge on any atom is -0.383 e. The molecule has 3 rings (SSSR count). The molecule has 2 aliphatic rings. The van der Waals surface area contributed by atoms with Gasteiger partial charge in [-0.3, -0.25) is 9.59 Å². The molecule has 1 heterocycles. The Hall–Kier alpha value is -2.24. The van der Waals surface area contributed by atoms with Gasteiger partial charge in [0, 0.05) is 18.9 Å². The van der Waals surface area contributed by atoms with Gasteiger partial charge in [-0.1, -0.05) is 30.3 Å². The Morgan fingerprint density at radius 3 is 2.91 bits per heavy atom. The highest BCUT2D eigenvalue weighted by Gasteiger charge is 2.48. The van der Waals surface area contributed by atoms with Crippen LogP contribution in [0.3, 0.4) is 0 Å². The summed E-state index contributed by atoms with van der Waals surface area (Å²) in [7, 11) is 0. The summed E-state index contributed by atoms with van der Waals surface area (Å²) in [6.45, 7) is 0. The van der Waals surface area contributed by atoms with Crippen LogP contribution in [0.4, 0.5) is 0 Å². The lowest BCUT2D eigenvalue weighted by Gasteiger charge is -2.26. The van der Waals surface area contributed by atoms with Gasteiger partial charge in [0.15, 0.2) is 5.78 Å². The molecular formula is C17H17NO4. The van der Waals surface area contributed by atoms with Crippen LogP contribution in [-0.2, 0) is 14.3 Å². The molecule has 1 aromatic rings. The van der Waals surface area contributed by atoms with E-state index in [4.69, 9.17) is 4.74 Å². The van der Waals surface area contributed by atoms with Crippen LogP contribution in [0, 0.1) is 0 Å². The maximum atomic E-state index is 11.9. The van der Waals surface area contributed by atoms with Crippen LogP contribution in [0.2, 0.25) is 0 Å². The van der Waals surface area contributed by atoms with E-state index in [0.717, 1.165) is 5.56 Å². The van der Waals surface area contributed by atoms with Crippen molar-refractivity contribution in [2.75, 3.05) is 0 Å². The molecule has 1 aromatic carbocycles. The van der Waals surface area contributed by atoms with Crippen LogP contribution in [0.25, 0.3) is 6.08 Å². The lowest BCUT2D eigenvalue weighted by atomic mass is 9.87. The molecule has 0 radical (unpaired) electrons. The summed E-state index contributed by atoms with van der Waals surface area (Å²) in [5, 5.41) is 13.1. The number of carbonyl (C=O) groups is 2. The van der Waals surface area contributed by atoms with E-state index in [1.54, 1.807) is 6.08 Å². The molecular weight excluding hydrogens is 282 g/mol. The number of hydrogen-bond donors (Lipinski definition) is 2. The van der Waals surface area contributed by atoms with E-state index in [-0.39, 0.29) is 24.5 Å². The normalized spacial score (nSPS) is 30.5. The third-order valence-electron chi connectivity index (χ3n) is 3.87. The number of ether oxygens (including phenoxy) is 1. The molecule has 0 aromatic heterocycles. The maximum Gasteiger partial charge on any atom is 0.245 e. The van der Waals surface area contributed by atoms with Gasteiger partial charge in [-0.05, 0) is 23.8 Å². The summed E-state index contributed by atoms with van der Waals surface area (Å²) in [5.41, 5.74) is -0.250. The van der Waals surface area contributed by atoms with Gasteiger partial charge in [-0.2, -0.15) is 0 Å². The van der Waals surface area contributed by atoms with Crippen LogP contribution < -0.4 is 5.32 Å². The van der Waals surface area contributed by atoms with Crippen molar-refractivity contribution in [1.82, 2.24) is 5.32 Å². The Labute approximate surface area is 128 Å². The van der Waals surface area contributed by atoms with Crippen molar-refractivity contribution in [3.63, 3.8) is 0 Å². The predicted molar refractivity (Wildman–Crippen MR) is 80.6 cm³/mol. The fourth-order valence-corrected chi connectivity index (χ4v) is 2.71. The minimum atomic E-state index is -1.17. The SMILES string of the molecule is O=C1C=C[C@]2(O)C[C@H](NC(=O)C=Cc3ccccc3)O[C@H]2C1. The molecule has 1 aliphatic carbocycles. The Bertz CT molecular complexity index is 637. The molecule has 114 valence electrons. The first-order valence-electron chi connectivity index (χ1n) is 7.19. The highest BCUT2D eigenvalue weighted by molar-refractivity contribution is 5.92. The second-order valence-corrected chi connectivity index (χ2v) is 5.57. The van der Waals surface area contributed by atoms with Gasteiger partial charge in [-0.25, -0.2) is 0 Å². The van der Waals surface area contributed by atoms with Crippen molar-refractivity contribution < 1.29 is 19.4 Å². The fourth-order valence-electron chi connectivity index (χ4n) is 2.71. The number of ketones is 1. The van der Waals surface area contributed by atoms with E-state index in [1.165, 1.54) is 18.2 Å². The summed E-state index contributed by atoms with van der Waals surface area (Å²) in [5.74, 6) is -0.378. The standard InChI is InChI=1S/C17H17NO4/c19-13-8-9-17(21)11-16(22-14(17)10-13)18-15(20)7-6-12-4-2-1-3-5-12/h1-9,14,16,21H,10-11H2,(H,18,20)/t14-,16+,17-/m0/s1. The van der Waals surface area contributed by atoms with Crippen LogP contribution in [0.15, 0.2) is 48.6 Å². The molecule has 0 bridgehead atoms. The van der Waals surface area contributed by atoms with Crippen molar-refractivity contribution in [1.29, 1.82) is 0 Å². The quantitative estimate of drug-likeness (QED) is 0.822. The van der Waals surface area contributed by atoms with Gasteiger partial charge >= 0.3 is 0 Å². The van der Waals surface area contributed by atoms with Crippen LogP contribution in [-0.4, -0.2) is 34.7 Å². The van der Waals surface area contributed by atoms with Crippen molar-refractivity contribution in [2.45, 2.75) is 30.8 Å². The number of aliphatic hydroxyl groups is 1. The summed E-state index contributed by atoms with van der Waals surface area (Å²) >= 11 is 0. The second-order valence-electron chi connectivity index (χ2n) is 5.57. The average Bonchev–Trinajstić information content (AvgIpc) is 2.82. The van der Waals surface area contributed by atoms with Crippen molar-refractivity contribution in [3.05, 3.63) is 54.1 Å². The van der Waals surface area contributed by atoms with Gasteiger partial charge in [0.05, 0.1) is 6.10 Å². The number of rotatable bonds is 3. The number of hydrogen-bond acceptors (Lipinski definition) is 4. The Morgan fingerprint density at radius 2 is 2.14 bits per heavy atom. The molecule has 1 aliphatic heterocycles. The molecule has 2 N–H and O–H groups in total. The highest BCUT2D eigenvalue weighted by atomic mass is 16.5. The maximum absolute atomic E-state index is 11.9. The first-order chi connectivity index (χ1) is 10.5. The van der Waals surface area contributed by atoms with Crippen molar-refractivity contribution in [3.8, 4) is 0 Å². The monoisotopic (exact) mass is 299 g/mol. The molecule has 1 amide bonds. The molecule has 1 saturated heterocycles. The van der Waals surface area contributed by atoms with E-state index in [9.17, 15) is 14.7 Å². The smallest absolute Gasteiger partial charge is 0.245 e. The van der Waals surface area contributed by atoms with Gasteiger partial charge in [0.25, 0.3) is 0 Å². The largest absolute Gasteiger partial charge is 0.383 e. The lowest BCUT2D eigenvalue weighted by Crippen LogP contribution is -2.40. The Balaban J connectivity index is 1.59. The number of fused-ring (bicyclic) bond motifs is 1. The fraction of sp³-hybridized carbons (Fsp3) is 0.294. The molecule has 22 heavy (non-hydrogen) atoms. The Morgan fingerprint density at radius 1 is 1.36 bits per heavy atom. The number of nitrogens with one attached hydrogen (secondary N) is 1. The van der Waals surface area contributed by atoms with Crippen LogP contribution in [0.5, 0.6) is 0 Å². The van der Waals surface area contributed by atoms with Gasteiger partial charge in [0.2, 0.25) is 5.91 Å². The topological polar surface area (TPSA) is 75.6 Å². The molecule has 1 fully saturated rings. The number of benzene rings is 1. The van der Waals surface area contributed by atoms with E-state index in [1.807, 2.05) is 30.3 Å². The van der Waals surface area contributed by atoms with Crippen molar-refractivity contribution >= 4 is 17.8 Å². The summed E-state index contributed by atoms with van der Waals surface area (Å²) in [6, 6.07) is 9.47. The third-order valence-corrected chi connectivity index (χ3v) is 3.87. The zero-order valence-corrected chi connectivity index (χ0v) is 11.9. The molecule has 5 nitrogen and oxygen atoms in total. The number of amides is 1. The first kappa shape index (κ1) is 14.7. The third kappa shape index (κ3) is 3.16. The zero-order valence-electron chi connectivity index (χ0n) is 11.9. The number of carbonyl (C=O) groups excluding carboxylic acids is 2. The predicted octanol–water partition coefficient (Wildman–Crippen LogP) is 1.19. The van der Waals surface area contributed by atoms with Gasteiger partial charge in [0.1, 0.15) is 11.8 Å². The van der Waals surface area contributed by atoms with E-state index >= 15 is 0 Å². The molecule has 3 atom stereocenters. The highest BCUT2D eigenvalue weighted by Crippen LogP contribution is 2.35. The summed E-state index contributed by atoms with van der Waals surface area (Å²) in [4.78, 5) is 23.3. The minimum absolute atomic E-state index is 0.0781. The molecule has 5 heteroatoms. The first-order valence-corrected chi connectivity index (χ1v) is 7.19.